The first-order valence-electron chi connectivity index (χ1n) is 12.7. The number of pyridine rings is 1. The lowest BCUT2D eigenvalue weighted by atomic mass is 9.88. The highest BCUT2D eigenvalue weighted by Crippen LogP contribution is 2.42. The van der Waals surface area contributed by atoms with Gasteiger partial charge in [0.05, 0.1) is 16.4 Å². The summed E-state index contributed by atoms with van der Waals surface area (Å²) in [5, 5.41) is 4.39. The van der Waals surface area contributed by atoms with E-state index in [9.17, 15) is 0 Å². The van der Waals surface area contributed by atoms with Gasteiger partial charge in [0.25, 0.3) is 0 Å². The molecular formula is C33H25BrN2O2. The predicted molar refractivity (Wildman–Crippen MR) is 159 cm³/mol. The Bertz CT molecular complexity index is 2010. The standard InChI is InChI=1S/C33H25BrN2O2/c1-33(2,3)20-15-16-35-30(17-20)36-27-14-13-25-24-9-4-5-10-29(24)38-32(25)31(27)26-12-11-23(19-28(26)36)37-22-8-6-7-21(34)18-22/h4-19H,1-3H3. The van der Waals surface area contributed by atoms with Crippen LogP contribution in [0.2, 0.25) is 0 Å². The van der Waals surface area contributed by atoms with E-state index in [0.29, 0.717) is 0 Å². The number of rotatable bonds is 3. The van der Waals surface area contributed by atoms with E-state index in [0.717, 1.165) is 65.5 Å². The smallest absolute Gasteiger partial charge is 0.145 e. The van der Waals surface area contributed by atoms with Crippen molar-refractivity contribution < 1.29 is 9.15 Å². The van der Waals surface area contributed by atoms with Crippen LogP contribution in [0, 0.1) is 0 Å². The highest BCUT2D eigenvalue weighted by molar-refractivity contribution is 9.10. The lowest BCUT2D eigenvalue weighted by Crippen LogP contribution is -2.12. The van der Waals surface area contributed by atoms with Gasteiger partial charge in [0, 0.05) is 32.9 Å². The molecule has 0 aliphatic carbocycles. The van der Waals surface area contributed by atoms with Crippen LogP contribution in [-0.4, -0.2) is 9.55 Å². The van der Waals surface area contributed by atoms with E-state index in [4.69, 9.17) is 14.1 Å². The summed E-state index contributed by atoms with van der Waals surface area (Å²) in [4.78, 5) is 4.83. The summed E-state index contributed by atoms with van der Waals surface area (Å²) in [5.41, 5.74) is 5.06. The Hall–Kier alpha value is -4.09. The predicted octanol–water partition coefficient (Wildman–Crippen LogP) is 9.93. The second-order valence-electron chi connectivity index (χ2n) is 10.7. The molecule has 186 valence electrons. The number of nitrogens with zero attached hydrogens (tertiary/aromatic N) is 2. The molecule has 0 fully saturated rings. The van der Waals surface area contributed by atoms with Crippen molar-refractivity contribution in [1.29, 1.82) is 0 Å². The SMILES string of the molecule is CC(C)(C)c1ccnc(-n2c3cc(Oc4cccc(Br)c4)ccc3c3c4oc5ccccc5c4ccc32)c1. The third-order valence-electron chi connectivity index (χ3n) is 7.12. The highest BCUT2D eigenvalue weighted by Gasteiger charge is 2.21. The molecule has 7 aromatic rings. The van der Waals surface area contributed by atoms with Gasteiger partial charge < -0.3 is 9.15 Å². The lowest BCUT2D eigenvalue weighted by molar-refractivity contribution is 0.483. The number of ether oxygens (including phenoxy) is 1. The maximum atomic E-state index is 6.47. The average molecular weight is 561 g/mol. The number of para-hydroxylation sites is 1. The number of aromatic nitrogens is 2. The Morgan fingerprint density at radius 2 is 1.58 bits per heavy atom. The van der Waals surface area contributed by atoms with Crippen molar-refractivity contribution in [3.63, 3.8) is 0 Å². The van der Waals surface area contributed by atoms with Crippen molar-refractivity contribution in [3.8, 4) is 17.3 Å². The summed E-state index contributed by atoms with van der Waals surface area (Å²) in [5.74, 6) is 2.40. The summed E-state index contributed by atoms with van der Waals surface area (Å²) in [6.07, 6.45) is 1.90. The van der Waals surface area contributed by atoms with Crippen molar-refractivity contribution >= 4 is 59.7 Å². The van der Waals surface area contributed by atoms with E-state index < -0.39 is 0 Å². The van der Waals surface area contributed by atoms with Crippen LogP contribution in [0.4, 0.5) is 0 Å². The average Bonchev–Trinajstić information content (AvgIpc) is 3.43. The van der Waals surface area contributed by atoms with Crippen molar-refractivity contribution in [2.24, 2.45) is 0 Å². The largest absolute Gasteiger partial charge is 0.457 e. The van der Waals surface area contributed by atoms with Gasteiger partial charge in [-0.15, -0.1) is 0 Å². The van der Waals surface area contributed by atoms with E-state index in [2.05, 4.69) is 89.8 Å². The van der Waals surface area contributed by atoms with Gasteiger partial charge in [-0.3, -0.25) is 4.57 Å². The van der Waals surface area contributed by atoms with Gasteiger partial charge in [-0.25, -0.2) is 4.98 Å². The Morgan fingerprint density at radius 3 is 2.42 bits per heavy atom. The molecule has 0 bridgehead atoms. The Labute approximate surface area is 228 Å². The van der Waals surface area contributed by atoms with E-state index in [-0.39, 0.29) is 5.41 Å². The van der Waals surface area contributed by atoms with Crippen LogP contribution in [0.3, 0.4) is 0 Å². The second-order valence-corrected chi connectivity index (χ2v) is 11.6. The summed E-state index contributed by atoms with van der Waals surface area (Å²) < 4.78 is 15.9. The van der Waals surface area contributed by atoms with Crippen LogP contribution >= 0.6 is 15.9 Å². The Morgan fingerprint density at radius 1 is 0.763 bits per heavy atom. The third kappa shape index (κ3) is 3.69. The zero-order chi connectivity index (χ0) is 26.0. The number of benzene rings is 4. The fourth-order valence-corrected chi connectivity index (χ4v) is 5.63. The molecule has 3 heterocycles. The van der Waals surface area contributed by atoms with E-state index in [1.807, 2.05) is 48.7 Å². The Balaban J connectivity index is 1.55. The normalized spacial score (nSPS) is 12.2. The molecule has 4 aromatic carbocycles. The summed E-state index contributed by atoms with van der Waals surface area (Å²) in [6.45, 7) is 6.67. The first kappa shape index (κ1) is 23.1. The van der Waals surface area contributed by atoms with Crippen molar-refractivity contribution in [2.75, 3.05) is 0 Å². The molecule has 0 saturated heterocycles. The minimum Gasteiger partial charge on any atom is -0.457 e. The lowest BCUT2D eigenvalue weighted by Gasteiger charge is -2.20. The highest BCUT2D eigenvalue weighted by atomic mass is 79.9. The molecule has 0 spiro atoms. The first-order chi connectivity index (χ1) is 18.4. The van der Waals surface area contributed by atoms with E-state index >= 15 is 0 Å². The summed E-state index contributed by atoms with van der Waals surface area (Å²) in [7, 11) is 0. The van der Waals surface area contributed by atoms with Crippen molar-refractivity contribution in [3.05, 3.63) is 107 Å². The summed E-state index contributed by atoms with van der Waals surface area (Å²) in [6, 6.07) is 30.9. The molecule has 0 aliphatic heterocycles. The van der Waals surface area contributed by atoms with Crippen LogP contribution in [0.25, 0.3) is 49.6 Å². The third-order valence-corrected chi connectivity index (χ3v) is 7.61. The van der Waals surface area contributed by atoms with Gasteiger partial charge >= 0.3 is 0 Å². The first-order valence-corrected chi connectivity index (χ1v) is 13.4. The molecule has 5 heteroatoms. The van der Waals surface area contributed by atoms with Gasteiger partial charge in [-0.1, -0.05) is 61.0 Å². The number of hydrogen-bond donors (Lipinski definition) is 0. The van der Waals surface area contributed by atoms with Gasteiger partial charge in [-0.05, 0) is 71.6 Å². The number of fused-ring (bicyclic) bond motifs is 7. The molecular weight excluding hydrogens is 536 g/mol. The minimum atomic E-state index is -0.00256. The number of hydrogen-bond acceptors (Lipinski definition) is 3. The fraction of sp³-hybridized carbons (Fsp3) is 0.121. The maximum Gasteiger partial charge on any atom is 0.145 e. The zero-order valence-corrected chi connectivity index (χ0v) is 22.9. The van der Waals surface area contributed by atoms with Crippen LogP contribution in [-0.2, 0) is 5.41 Å². The molecule has 3 aromatic heterocycles. The molecule has 0 aliphatic rings. The topological polar surface area (TPSA) is 40.2 Å². The number of halogens is 1. The molecule has 0 saturated carbocycles. The molecule has 0 amide bonds. The van der Waals surface area contributed by atoms with Crippen LogP contribution in [0.5, 0.6) is 11.5 Å². The quantitative estimate of drug-likeness (QED) is 0.216. The summed E-state index contributed by atoms with van der Waals surface area (Å²) >= 11 is 3.54. The maximum absolute atomic E-state index is 6.47. The van der Waals surface area contributed by atoms with Crippen LogP contribution in [0.15, 0.2) is 106 Å². The molecule has 0 unspecified atom stereocenters. The van der Waals surface area contributed by atoms with Crippen molar-refractivity contribution in [2.45, 2.75) is 26.2 Å². The van der Waals surface area contributed by atoms with Gasteiger partial charge in [0.15, 0.2) is 0 Å². The van der Waals surface area contributed by atoms with Crippen molar-refractivity contribution in [1.82, 2.24) is 9.55 Å². The van der Waals surface area contributed by atoms with Crippen LogP contribution in [0.1, 0.15) is 26.3 Å². The monoisotopic (exact) mass is 560 g/mol. The minimum absolute atomic E-state index is 0.00256. The molecule has 38 heavy (non-hydrogen) atoms. The van der Waals surface area contributed by atoms with Crippen LogP contribution < -0.4 is 4.74 Å². The van der Waals surface area contributed by atoms with Gasteiger partial charge in [-0.2, -0.15) is 0 Å². The Kier molecular flexibility index (Phi) is 5.14. The molecule has 4 nitrogen and oxygen atoms in total. The zero-order valence-electron chi connectivity index (χ0n) is 21.3. The molecule has 7 rings (SSSR count). The van der Waals surface area contributed by atoms with Gasteiger partial charge in [0.1, 0.15) is 28.5 Å². The van der Waals surface area contributed by atoms with E-state index in [1.54, 1.807) is 0 Å². The molecule has 0 radical (unpaired) electrons. The van der Waals surface area contributed by atoms with Gasteiger partial charge in [0.2, 0.25) is 0 Å². The fourth-order valence-electron chi connectivity index (χ4n) is 5.25. The second kappa shape index (κ2) is 8.47. The van der Waals surface area contributed by atoms with E-state index in [1.165, 1.54) is 5.56 Å². The molecule has 0 N–H and O–H groups in total. The molecule has 0 atom stereocenters. The number of furan rings is 1.